The van der Waals surface area contributed by atoms with E-state index in [9.17, 15) is 63.4 Å². The van der Waals surface area contributed by atoms with Crippen LogP contribution in [-0.2, 0) is 139 Å². The number of benzene rings is 6. The fourth-order valence-corrected chi connectivity index (χ4v) is 18.2. The van der Waals surface area contributed by atoms with Gasteiger partial charge in [0.05, 0.1) is 67.6 Å². The molecule has 146 heavy (non-hydrogen) atoms. The van der Waals surface area contributed by atoms with Gasteiger partial charge in [0, 0.05) is 246 Å². The summed E-state index contributed by atoms with van der Waals surface area (Å²) in [5, 5.41) is 37.5. The van der Waals surface area contributed by atoms with Crippen molar-refractivity contribution in [1.29, 1.82) is 0 Å². The highest BCUT2D eigenvalue weighted by Gasteiger charge is 2.55. The molecular formula is C105H151BrIN9O29S. The number of nitrogens with one attached hydrogen (secondary N) is 2. The van der Waals surface area contributed by atoms with E-state index in [4.69, 9.17) is 75.7 Å². The fourth-order valence-electron chi connectivity index (χ4n) is 17.9. The minimum absolute atomic E-state index is 0.00263. The van der Waals surface area contributed by atoms with Gasteiger partial charge in [-0.25, -0.2) is 4.90 Å². The summed E-state index contributed by atoms with van der Waals surface area (Å²) in [6.45, 7) is 22.3. The highest BCUT2D eigenvalue weighted by molar-refractivity contribution is 14.1. The van der Waals surface area contributed by atoms with Crippen LogP contribution in [0.4, 0.5) is 51.2 Å². The highest BCUT2D eigenvalue weighted by Crippen LogP contribution is 2.52. The molecule has 7 N–H and O–H groups in total. The second-order valence-corrected chi connectivity index (χ2v) is 39.2. The smallest absolute Gasteiger partial charge is 0.394 e. The van der Waals surface area contributed by atoms with Crippen molar-refractivity contribution >= 4 is 153 Å². The molecule has 0 saturated heterocycles. The second-order valence-electron chi connectivity index (χ2n) is 36.7. The normalized spacial score (nSPS) is 15.8. The van der Waals surface area contributed by atoms with Crippen LogP contribution in [0.3, 0.4) is 0 Å². The quantitative estimate of drug-likeness (QED) is 0.00240. The highest BCUT2D eigenvalue weighted by atomic mass is 127. The van der Waals surface area contributed by atoms with E-state index in [1.165, 1.54) is 46.3 Å². The molecule has 41 heteroatoms. The monoisotopic (exact) mass is 2240 g/mol. The van der Waals surface area contributed by atoms with Crippen molar-refractivity contribution in [3.05, 3.63) is 193 Å². The number of ketones is 1. The molecule has 6 heterocycles. The fraction of sp³-hybridized carbons (Fsp3) is 0.552. The van der Waals surface area contributed by atoms with Crippen LogP contribution in [0, 0.1) is 38.0 Å². The van der Waals surface area contributed by atoms with Gasteiger partial charge in [0.15, 0.2) is 5.78 Å². The number of nitro groups is 2. The molecule has 8 amide bonds. The van der Waals surface area contributed by atoms with Crippen molar-refractivity contribution in [3.63, 3.8) is 0 Å². The van der Waals surface area contributed by atoms with Gasteiger partial charge in [-0.2, -0.15) is 8.42 Å². The van der Waals surface area contributed by atoms with Crippen LogP contribution >= 0.6 is 38.5 Å². The molecule has 6 aromatic rings. The van der Waals surface area contributed by atoms with Crippen molar-refractivity contribution in [3.8, 4) is 0 Å². The molecule has 1 saturated carbocycles. The molecule has 1 aliphatic carbocycles. The lowest BCUT2D eigenvalue weighted by Crippen LogP contribution is -2.43. The molecule has 0 spiro atoms. The first-order valence-electron chi connectivity index (χ1n) is 48.2. The number of carbonyl (C=O) groups excluding carboxylic acids is 9. The summed E-state index contributed by atoms with van der Waals surface area (Å²) in [5.41, 5.74) is 13.7. The van der Waals surface area contributed by atoms with Crippen LogP contribution in [-0.4, -0.2) is 259 Å². The number of imide groups is 2. The van der Waals surface area contributed by atoms with Crippen LogP contribution in [0.5, 0.6) is 0 Å². The first kappa shape index (κ1) is 128. The Morgan fingerprint density at radius 3 is 1.17 bits per heavy atom. The maximum absolute atomic E-state index is 13.4. The maximum atomic E-state index is 13.4. The largest absolute Gasteiger partial charge is 0.515 e. The van der Waals surface area contributed by atoms with Crippen molar-refractivity contribution in [2.45, 2.75) is 185 Å². The third kappa shape index (κ3) is 35.6. The number of aliphatic hydroxyl groups excluding tert-OH is 1. The van der Waals surface area contributed by atoms with Gasteiger partial charge in [0.25, 0.3) is 11.4 Å². The predicted octanol–water partition coefficient (Wildman–Crippen LogP) is 16.7. The van der Waals surface area contributed by atoms with Gasteiger partial charge in [-0.15, -0.1) is 0 Å². The molecular weight excluding hydrogens is 2090 g/mol. The van der Waals surface area contributed by atoms with E-state index >= 15 is 0 Å². The van der Waals surface area contributed by atoms with Gasteiger partial charge < -0.3 is 83.4 Å². The lowest BCUT2D eigenvalue weighted by Gasteiger charge is -2.29. The van der Waals surface area contributed by atoms with Crippen LogP contribution in [0.25, 0.3) is 0 Å². The standard InChI is InChI=1S/C18H26N2O5.C18H28N2O3.C16H21NO4.C14H18N2O5.C14H19NO3.C10H9NO2.C8H12O2.C4H9I.C3H7BrO.H2O4S/c1-13(2)12-19-16-6-5-14(20(22)23)11-15(16)18(17(19)21,7-9-24-3)8-10-25-4;1-13(2)12-20-16-6-5-14(19)11-15(16)18(17(20)21,7-9-22-3)8-10-23-4;1-12(18)17-14-7-5-4-6-13(14)16(15(17)19,8-10-20-2)9-11-21-3;1-20-7-5-14(6-8-21-2)11-9-10(16(18)19)3-4-12(11)15-13(14)17;1-17-9-7-14(8-10-18-2)11-5-3-4-6-12(11)15-13(14)16;1-7(12)11-9-5-3-2-4-8(9)6-10(11)13;9-6-7-4-2-1-3-5-8(7)10;1-4(2)3-5;1-5-3-2-4;1-5(2,3)4/h5-6,11,13H,7-10,12H2,1-4H3;5-6,11,13H,7-10,12,19H2,1-4H3;4-7H,8-11H2,1-3H3;3-4,9H,5-8H2,1-2H3,(H,15,17);3-6H,7-10H2,1-2H3,(H,15,16);2-5H,6H2,1H3;6,9H,1-5H2;4H,3H2,1-2H3;2-3H2,1H3;(H2,1,2,3,4)/b;;;;;;7-6+;;;. The number of nitrogens with zero attached hydrogens (tertiary/aromatic N) is 6. The number of methoxy groups -OCH3 is 11. The van der Waals surface area contributed by atoms with Gasteiger partial charge in [-0.1, -0.05) is 141 Å². The number of nitro benzene ring substituents is 2. The molecule has 0 unspecified atom stereocenters. The molecule has 1 fully saturated rings. The number of nitrogen functional groups attached to an aromatic ring is 1. The zero-order valence-corrected chi connectivity index (χ0v) is 92.3. The van der Waals surface area contributed by atoms with Crippen LogP contribution in [0.15, 0.2) is 139 Å². The second kappa shape index (κ2) is 64.4. The Morgan fingerprint density at radius 1 is 0.445 bits per heavy atom. The number of Topliss-reactive ketones (excluding diaryl/α,β-unsaturated/α-hetero) is 1. The zero-order valence-electron chi connectivity index (χ0n) is 87.7. The van der Waals surface area contributed by atoms with E-state index in [0.29, 0.717) is 196 Å². The first-order chi connectivity index (χ1) is 69.4. The minimum Gasteiger partial charge on any atom is -0.515 e. The molecule has 7 aliphatic rings. The summed E-state index contributed by atoms with van der Waals surface area (Å²) in [4.78, 5) is 137. The van der Waals surface area contributed by atoms with Gasteiger partial charge in [0.2, 0.25) is 47.3 Å². The molecule has 0 bridgehead atoms. The number of para-hydroxylation sites is 3. The van der Waals surface area contributed by atoms with E-state index in [1.807, 2.05) is 104 Å². The Morgan fingerprint density at radius 2 is 0.788 bits per heavy atom. The average molecular weight is 2240 g/mol. The summed E-state index contributed by atoms with van der Waals surface area (Å²) < 4.78 is 89.3. The van der Waals surface area contributed by atoms with Gasteiger partial charge in [-0.05, 0) is 183 Å². The topological polar surface area (TPSA) is 499 Å². The average Bonchev–Trinajstić information content (AvgIpc) is 1.59. The number of hydrogen-bond donors (Lipinski definition) is 6. The number of fused-ring (bicyclic) bond motifs is 6. The lowest BCUT2D eigenvalue weighted by atomic mass is 9.76. The van der Waals surface area contributed by atoms with E-state index in [-0.39, 0.29) is 70.3 Å². The summed E-state index contributed by atoms with van der Waals surface area (Å²) >= 11 is 5.56. The van der Waals surface area contributed by atoms with E-state index in [2.05, 4.69) is 81.6 Å². The number of amides is 8. The number of alkyl halides is 2. The van der Waals surface area contributed by atoms with Crippen molar-refractivity contribution in [2.75, 3.05) is 210 Å². The summed E-state index contributed by atoms with van der Waals surface area (Å²) in [6, 6.07) is 37.6. The number of aliphatic hydroxyl groups is 1. The Labute approximate surface area is 880 Å². The minimum atomic E-state index is -4.67. The summed E-state index contributed by atoms with van der Waals surface area (Å²) in [5.74, 6) is 0.906. The molecule has 6 aliphatic heterocycles. The number of allylic oxidation sites excluding steroid dienone is 1. The number of ether oxygens (including phenoxy) is 11. The number of carbonyl (C=O) groups is 9. The lowest BCUT2D eigenvalue weighted by molar-refractivity contribution is -0.385. The number of nitrogens with two attached hydrogens (primary N) is 1. The molecule has 810 valence electrons. The molecule has 13 rings (SSSR count). The Bertz CT molecular complexity index is 5330. The van der Waals surface area contributed by atoms with Crippen LogP contribution in [0.1, 0.15) is 185 Å². The molecule has 6 aromatic carbocycles. The van der Waals surface area contributed by atoms with Gasteiger partial charge >= 0.3 is 10.4 Å². The Kier molecular flexibility index (Phi) is 56.5. The molecule has 0 atom stereocenters. The molecule has 38 nitrogen and oxygen atoms in total. The predicted molar refractivity (Wildman–Crippen MR) is 574 cm³/mol. The van der Waals surface area contributed by atoms with E-state index in [1.54, 1.807) is 107 Å². The van der Waals surface area contributed by atoms with Crippen molar-refractivity contribution in [1.82, 2.24) is 0 Å². The third-order valence-electron chi connectivity index (χ3n) is 25.3. The third-order valence-corrected chi connectivity index (χ3v) is 27.4. The number of halogens is 2. The van der Waals surface area contributed by atoms with Crippen molar-refractivity contribution < 1.29 is 128 Å². The molecule has 0 aromatic heterocycles. The van der Waals surface area contributed by atoms with E-state index < -0.39 is 47.3 Å². The van der Waals surface area contributed by atoms with E-state index in [0.717, 1.165) is 94.8 Å². The number of anilines is 7. The van der Waals surface area contributed by atoms with Gasteiger partial charge in [0.1, 0.15) is 0 Å². The maximum Gasteiger partial charge on any atom is 0.394 e. The van der Waals surface area contributed by atoms with Crippen molar-refractivity contribution in [2.24, 2.45) is 17.8 Å². The number of non-ortho nitro benzene ring substituents is 2. The SMILES string of the molecule is CC(=O)N1C(=O)Cc2ccccc21.CC(C)CI.COCCBr.COCCC1(CCOC)C(=O)N(C(C)=O)c2ccccc21.COCCC1(CCOC)C(=O)N(CC(C)C)c2ccc(N)cc21.COCCC1(CCOC)C(=O)N(CC(C)C)c2ccc([N+](=O)[O-])cc21.COCCC1(CCOC)C(=O)Nc2ccc([N+](=O)[O-])cc21.COCCC1(CCOC)C(=O)Nc2ccccc21.O=C1CCCCC/C1=C\O.O=S(=O)(O)O. The van der Waals surface area contributed by atoms with Gasteiger partial charge in [-0.3, -0.25) is 77.4 Å². The summed E-state index contributed by atoms with van der Waals surface area (Å²) in [6.07, 6.45) is 11.4. The number of hydrogen-bond acceptors (Lipinski definition) is 28. The Balaban J connectivity index is 0.000000350. The number of rotatable bonds is 39. The van der Waals surface area contributed by atoms with Crippen LogP contribution in [0.2, 0.25) is 0 Å². The Hall–Kier alpha value is -10.1. The van der Waals surface area contributed by atoms with Crippen LogP contribution < -0.4 is 36.0 Å². The molecule has 0 radical (unpaired) electrons. The summed E-state index contributed by atoms with van der Waals surface area (Å²) in [7, 11) is 13.2. The first-order valence-corrected chi connectivity index (χ1v) is 52.2. The zero-order chi connectivity index (χ0) is 109.